The van der Waals surface area contributed by atoms with Crippen LogP contribution in [-0.2, 0) is 5.41 Å². The third kappa shape index (κ3) is 1.77. The molecule has 0 atom stereocenters. The summed E-state index contributed by atoms with van der Waals surface area (Å²) >= 11 is 7.77. The van der Waals surface area contributed by atoms with Crippen molar-refractivity contribution >= 4 is 22.9 Å². The summed E-state index contributed by atoms with van der Waals surface area (Å²) in [6.45, 7) is 8.69. The molecule has 0 aliphatic heterocycles. The van der Waals surface area contributed by atoms with E-state index in [2.05, 4.69) is 27.7 Å². The molecule has 1 aromatic rings. The molecular weight excluding hydrogens is 176 g/mol. The highest BCUT2D eigenvalue weighted by atomic mass is 35.5. The highest BCUT2D eigenvalue weighted by Crippen LogP contribution is 2.35. The van der Waals surface area contributed by atoms with Gasteiger partial charge >= 0.3 is 0 Å². The van der Waals surface area contributed by atoms with Gasteiger partial charge in [0.25, 0.3) is 0 Å². The van der Waals surface area contributed by atoms with E-state index >= 15 is 0 Å². The van der Waals surface area contributed by atoms with E-state index in [1.807, 2.05) is 5.38 Å². The summed E-state index contributed by atoms with van der Waals surface area (Å²) < 4.78 is 0. The Morgan fingerprint density at radius 2 is 1.91 bits per heavy atom. The van der Waals surface area contributed by atoms with Gasteiger partial charge < -0.3 is 0 Å². The molecule has 1 aromatic heterocycles. The number of halogens is 1. The molecule has 0 aliphatic rings. The minimum atomic E-state index is 0.182. The topological polar surface area (TPSA) is 0 Å². The predicted octanol–water partition coefficient (Wildman–Crippen LogP) is 4.01. The molecular formula is C9H13ClS. The molecule has 1 heterocycles. The summed E-state index contributed by atoms with van der Waals surface area (Å²) in [7, 11) is 0. The van der Waals surface area contributed by atoms with E-state index in [1.165, 1.54) is 10.4 Å². The molecule has 62 valence electrons. The molecule has 0 saturated carbocycles. The van der Waals surface area contributed by atoms with Gasteiger partial charge in [0.1, 0.15) is 0 Å². The van der Waals surface area contributed by atoms with Gasteiger partial charge in [-0.2, -0.15) is 0 Å². The summed E-state index contributed by atoms with van der Waals surface area (Å²) in [6.07, 6.45) is 0. The molecule has 0 saturated heterocycles. The Hall–Kier alpha value is -0.0100. The Labute approximate surface area is 77.2 Å². The van der Waals surface area contributed by atoms with Crippen LogP contribution in [0.15, 0.2) is 5.38 Å². The van der Waals surface area contributed by atoms with Crippen LogP contribution in [0, 0.1) is 6.92 Å². The molecule has 0 amide bonds. The molecule has 0 radical (unpaired) electrons. The average molecular weight is 189 g/mol. The zero-order chi connectivity index (χ0) is 8.65. The standard InChI is InChI=1S/C9H13ClS/c1-6-8(9(2,3)4)7(10)5-11-6/h5H,1-4H3. The summed E-state index contributed by atoms with van der Waals surface area (Å²) in [5, 5.41) is 2.93. The number of hydrogen-bond acceptors (Lipinski definition) is 1. The maximum absolute atomic E-state index is 6.04. The lowest BCUT2D eigenvalue weighted by Crippen LogP contribution is -2.11. The van der Waals surface area contributed by atoms with Gasteiger partial charge in [-0.1, -0.05) is 32.4 Å². The van der Waals surface area contributed by atoms with Gasteiger partial charge in [-0.3, -0.25) is 0 Å². The molecule has 0 aromatic carbocycles. The van der Waals surface area contributed by atoms with E-state index in [0.29, 0.717) is 0 Å². The van der Waals surface area contributed by atoms with Crippen LogP contribution in [-0.4, -0.2) is 0 Å². The van der Waals surface area contributed by atoms with Crippen molar-refractivity contribution in [1.29, 1.82) is 0 Å². The highest BCUT2D eigenvalue weighted by molar-refractivity contribution is 7.10. The maximum Gasteiger partial charge on any atom is 0.0553 e. The number of rotatable bonds is 0. The molecule has 1 rings (SSSR count). The van der Waals surface area contributed by atoms with Crippen molar-refractivity contribution in [3.8, 4) is 0 Å². The molecule has 0 bridgehead atoms. The maximum atomic E-state index is 6.04. The van der Waals surface area contributed by atoms with Crippen molar-refractivity contribution < 1.29 is 0 Å². The van der Waals surface area contributed by atoms with Crippen LogP contribution in [0.1, 0.15) is 31.2 Å². The van der Waals surface area contributed by atoms with Crippen molar-refractivity contribution in [3.63, 3.8) is 0 Å². The quantitative estimate of drug-likeness (QED) is 0.577. The van der Waals surface area contributed by atoms with Crippen molar-refractivity contribution in [1.82, 2.24) is 0 Å². The van der Waals surface area contributed by atoms with Gasteiger partial charge in [0.2, 0.25) is 0 Å². The molecule has 2 heteroatoms. The van der Waals surface area contributed by atoms with Gasteiger partial charge in [-0.25, -0.2) is 0 Å². The van der Waals surface area contributed by atoms with Crippen LogP contribution in [0.25, 0.3) is 0 Å². The number of hydrogen-bond donors (Lipinski definition) is 0. The SMILES string of the molecule is Cc1scc(Cl)c1C(C)(C)C. The first kappa shape index (κ1) is 9.08. The summed E-state index contributed by atoms with van der Waals surface area (Å²) in [5.74, 6) is 0. The molecule has 0 unspecified atom stereocenters. The van der Waals surface area contributed by atoms with Crippen LogP contribution in [0.3, 0.4) is 0 Å². The Morgan fingerprint density at radius 3 is 2.09 bits per heavy atom. The Kier molecular flexibility index (Phi) is 2.31. The second kappa shape index (κ2) is 2.80. The lowest BCUT2D eigenvalue weighted by atomic mass is 9.87. The fourth-order valence-corrected chi connectivity index (χ4v) is 2.86. The zero-order valence-corrected chi connectivity index (χ0v) is 8.94. The largest absolute Gasteiger partial charge is 0.147 e. The lowest BCUT2D eigenvalue weighted by molar-refractivity contribution is 0.589. The number of aryl methyl sites for hydroxylation is 1. The van der Waals surface area contributed by atoms with Gasteiger partial charge in [0, 0.05) is 10.3 Å². The normalized spacial score (nSPS) is 12.1. The third-order valence-corrected chi connectivity index (χ3v) is 3.02. The van der Waals surface area contributed by atoms with Crippen LogP contribution >= 0.6 is 22.9 Å². The van der Waals surface area contributed by atoms with Crippen molar-refractivity contribution in [2.75, 3.05) is 0 Å². The van der Waals surface area contributed by atoms with Gasteiger partial charge in [0.15, 0.2) is 0 Å². The Morgan fingerprint density at radius 1 is 1.36 bits per heavy atom. The van der Waals surface area contributed by atoms with E-state index < -0.39 is 0 Å². The molecule has 0 spiro atoms. The fourth-order valence-electron chi connectivity index (χ4n) is 1.31. The first-order valence-corrected chi connectivity index (χ1v) is 4.93. The van der Waals surface area contributed by atoms with Crippen molar-refractivity contribution in [2.24, 2.45) is 0 Å². The summed E-state index contributed by atoms with van der Waals surface area (Å²) in [6, 6.07) is 0. The second-order valence-electron chi connectivity index (χ2n) is 3.76. The van der Waals surface area contributed by atoms with E-state index in [4.69, 9.17) is 11.6 Å². The molecule has 0 fully saturated rings. The van der Waals surface area contributed by atoms with E-state index in [9.17, 15) is 0 Å². The highest BCUT2D eigenvalue weighted by Gasteiger charge is 2.20. The van der Waals surface area contributed by atoms with Crippen LogP contribution in [0.2, 0.25) is 5.02 Å². The zero-order valence-electron chi connectivity index (χ0n) is 7.36. The Bertz CT molecular complexity index is 236. The molecule has 0 N–H and O–H groups in total. The first-order valence-electron chi connectivity index (χ1n) is 3.67. The smallest absolute Gasteiger partial charge is 0.0553 e. The minimum absolute atomic E-state index is 0.182. The second-order valence-corrected chi connectivity index (χ2v) is 5.26. The van der Waals surface area contributed by atoms with Crippen LogP contribution < -0.4 is 0 Å². The summed E-state index contributed by atoms with van der Waals surface area (Å²) in [4.78, 5) is 1.34. The van der Waals surface area contributed by atoms with E-state index in [-0.39, 0.29) is 5.41 Å². The minimum Gasteiger partial charge on any atom is -0.147 e. The molecule has 11 heavy (non-hydrogen) atoms. The third-order valence-electron chi connectivity index (χ3n) is 1.68. The van der Waals surface area contributed by atoms with Crippen molar-refractivity contribution in [2.45, 2.75) is 33.1 Å². The number of thiophene rings is 1. The molecule has 0 nitrogen and oxygen atoms in total. The van der Waals surface area contributed by atoms with Gasteiger partial charge in [-0.05, 0) is 17.9 Å². The van der Waals surface area contributed by atoms with E-state index in [0.717, 1.165) is 5.02 Å². The lowest BCUT2D eigenvalue weighted by Gasteiger charge is -2.19. The summed E-state index contributed by atoms with van der Waals surface area (Å²) in [5.41, 5.74) is 1.48. The van der Waals surface area contributed by atoms with Crippen LogP contribution in [0.4, 0.5) is 0 Å². The fraction of sp³-hybridized carbons (Fsp3) is 0.556. The van der Waals surface area contributed by atoms with Gasteiger partial charge in [-0.15, -0.1) is 11.3 Å². The van der Waals surface area contributed by atoms with Gasteiger partial charge in [0.05, 0.1) is 5.02 Å². The van der Waals surface area contributed by atoms with E-state index in [1.54, 1.807) is 11.3 Å². The monoisotopic (exact) mass is 188 g/mol. The Balaban J connectivity index is 3.21. The average Bonchev–Trinajstić information content (AvgIpc) is 2.08. The van der Waals surface area contributed by atoms with Crippen LogP contribution in [0.5, 0.6) is 0 Å². The van der Waals surface area contributed by atoms with Crippen molar-refractivity contribution in [3.05, 3.63) is 20.8 Å². The predicted molar refractivity (Wildman–Crippen MR) is 52.8 cm³/mol. The first-order chi connectivity index (χ1) is 4.93. The molecule has 0 aliphatic carbocycles.